The summed E-state index contributed by atoms with van der Waals surface area (Å²) >= 11 is 0. The second-order valence-electron chi connectivity index (χ2n) is 4.96. The first-order valence-electron chi connectivity index (χ1n) is 6.41. The van der Waals surface area contributed by atoms with E-state index >= 15 is 0 Å². The quantitative estimate of drug-likeness (QED) is 0.712. The van der Waals surface area contributed by atoms with Crippen molar-refractivity contribution in [3.8, 4) is 0 Å². The summed E-state index contributed by atoms with van der Waals surface area (Å²) in [6.07, 6.45) is 9.38. The van der Waals surface area contributed by atoms with E-state index in [2.05, 4.69) is 44.2 Å². The van der Waals surface area contributed by atoms with Crippen molar-refractivity contribution < 1.29 is 0 Å². The Balaban J connectivity index is 3.02. The van der Waals surface area contributed by atoms with Gasteiger partial charge in [0.05, 0.1) is 11.9 Å². The summed E-state index contributed by atoms with van der Waals surface area (Å²) in [6.45, 7) is 13.6. The van der Waals surface area contributed by atoms with Crippen molar-refractivity contribution >= 4 is 0 Å². The molecule has 0 spiro atoms. The van der Waals surface area contributed by atoms with Gasteiger partial charge in [-0.25, -0.2) is 4.98 Å². The van der Waals surface area contributed by atoms with Crippen molar-refractivity contribution in [2.75, 3.05) is 0 Å². The van der Waals surface area contributed by atoms with Crippen LogP contribution in [0.15, 0.2) is 18.7 Å². The van der Waals surface area contributed by atoms with E-state index in [0.29, 0.717) is 11.8 Å². The van der Waals surface area contributed by atoms with E-state index < -0.39 is 0 Å². The molecule has 0 fully saturated rings. The topological polar surface area (TPSA) is 17.8 Å². The van der Waals surface area contributed by atoms with Gasteiger partial charge in [0, 0.05) is 12.4 Å². The number of rotatable bonds is 6. The average Bonchev–Trinajstić information content (AvgIpc) is 2.80. The van der Waals surface area contributed by atoms with Crippen LogP contribution < -0.4 is 0 Å². The van der Waals surface area contributed by atoms with Gasteiger partial charge in [-0.3, -0.25) is 0 Å². The van der Waals surface area contributed by atoms with Gasteiger partial charge in [-0.2, -0.15) is 0 Å². The summed E-state index contributed by atoms with van der Waals surface area (Å²) in [5.74, 6) is 1.13. The molecule has 1 rings (SSSR count). The first kappa shape index (κ1) is 13.3. The number of aromatic nitrogens is 2. The molecule has 0 bridgehead atoms. The molecule has 2 nitrogen and oxygen atoms in total. The lowest BCUT2D eigenvalue weighted by Crippen LogP contribution is -2.42. The molecule has 91 valence electrons. The van der Waals surface area contributed by atoms with Gasteiger partial charge < -0.3 is 4.57 Å². The lowest BCUT2D eigenvalue weighted by molar-refractivity contribution is 0.143. The molecule has 0 aliphatic carbocycles. The van der Waals surface area contributed by atoms with E-state index in [1.807, 2.05) is 18.7 Å². The van der Waals surface area contributed by atoms with Crippen molar-refractivity contribution in [1.29, 1.82) is 0 Å². The highest BCUT2D eigenvalue weighted by Gasteiger charge is 2.36. The largest absolute Gasteiger partial charge is 0.331 e. The van der Waals surface area contributed by atoms with Crippen LogP contribution in [-0.4, -0.2) is 9.55 Å². The van der Waals surface area contributed by atoms with Gasteiger partial charge in [-0.15, -0.1) is 0 Å². The minimum atomic E-state index is -0.0543. The second kappa shape index (κ2) is 5.51. The van der Waals surface area contributed by atoms with E-state index in [1.54, 1.807) is 0 Å². The van der Waals surface area contributed by atoms with Crippen molar-refractivity contribution in [2.24, 2.45) is 11.8 Å². The molecule has 0 aliphatic rings. The Labute approximate surface area is 100 Å². The van der Waals surface area contributed by atoms with Gasteiger partial charge in [0.15, 0.2) is 0 Å². The third kappa shape index (κ3) is 2.31. The van der Waals surface area contributed by atoms with Crippen LogP contribution in [0.1, 0.15) is 47.0 Å². The third-order valence-corrected chi connectivity index (χ3v) is 4.03. The first-order valence-corrected chi connectivity index (χ1v) is 6.41. The lowest BCUT2D eigenvalue weighted by atomic mass is 9.73. The fourth-order valence-corrected chi connectivity index (χ4v) is 2.54. The molecule has 0 aliphatic heterocycles. The summed E-state index contributed by atoms with van der Waals surface area (Å²) in [6, 6.07) is 0. The van der Waals surface area contributed by atoms with Gasteiger partial charge in [-0.1, -0.05) is 40.5 Å². The molecule has 16 heavy (non-hydrogen) atoms. The van der Waals surface area contributed by atoms with Gasteiger partial charge >= 0.3 is 0 Å². The molecule has 0 saturated carbocycles. The Bertz CT molecular complexity index is 292. The Morgan fingerprint density at radius 2 is 2.00 bits per heavy atom. The van der Waals surface area contributed by atoms with Crippen LogP contribution in [0.2, 0.25) is 0 Å². The zero-order valence-electron chi connectivity index (χ0n) is 11.1. The van der Waals surface area contributed by atoms with Crippen molar-refractivity contribution in [2.45, 2.75) is 52.5 Å². The standard InChI is InChI=1S/C14H25N2/c1-6-8-13(4)14(5,12(3)7-2)16-10-9-15-11-16/h9-13H,5-8H2,1-4H3. The fraction of sp³-hybridized carbons (Fsp3) is 0.714. The van der Waals surface area contributed by atoms with Crippen LogP contribution >= 0.6 is 0 Å². The van der Waals surface area contributed by atoms with Crippen molar-refractivity contribution in [1.82, 2.24) is 9.55 Å². The molecule has 0 amide bonds. The van der Waals surface area contributed by atoms with E-state index in [9.17, 15) is 0 Å². The minimum absolute atomic E-state index is 0.0543. The molecule has 1 aromatic heterocycles. The van der Waals surface area contributed by atoms with Crippen LogP contribution in [-0.2, 0) is 5.54 Å². The fourth-order valence-electron chi connectivity index (χ4n) is 2.54. The molecule has 0 saturated heterocycles. The zero-order chi connectivity index (χ0) is 12.2. The normalized spacial score (nSPS) is 19.1. The molecule has 0 N–H and O–H groups in total. The van der Waals surface area contributed by atoms with E-state index in [4.69, 9.17) is 0 Å². The lowest BCUT2D eigenvalue weighted by Gasteiger charge is -2.42. The third-order valence-electron chi connectivity index (χ3n) is 4.03. The minimum Gasteiger partial charge on any atom is -0.331 e. The predicted molar refractivity (Wildman–Crippen MR) is 69.1 cm³/mol. The molecule has 0 aromatic carbocycles. The van der Waals surface area contributed by atoms with Crippen molar-refractivity contribution in [3.63, 3.8) is 0 Å². The molecular weight excluding hydrogens is 196 g/mol. The van der Waals surface area contributed by atoms with Crippen LogP contribution in [0.4, 0.5) is 0 Å². The SMILES string of the molecule is [CH2]C(C(C)CC)(C(C)CCC)n1ccnc1. The summed E-state index contributed by atoms with van der Waals surface area (Å²) in [4.78, 5) is 4.17. The predicted octanol–water partition coefficient (Wildman–Crippen LogP) is 3.89. The second-order valence-corrected chi connectivity index (χ2v) is 4.96. The molecule has 3 atom stereocenters. The van der Waals surface area contributed by atoms with Crippen LogP contribution in [0, 0.1) is 18.8 Å². The molecule has 1 aromatic rings. The summed E-state index contributed by atoms with van der Waals surface area (Å²) in [5.41, 5.74) is -0.0543. The smallest absolute Gasteiger partial charge is 0.0951 e. The molecule has 3 unspecified atom stereocenters. The maximum Gasteiger partial charge on any atom is 0.0951 e. The highest BCUT2D eigenvalue weighted by molar-refractivity contribution is 4.99. The van der Waals surface area contributed by atoms with Crippen LogP contribution in [0.5, 0.6) is 0 Å². The van der Waals surface area contributed by atoms with Gasteiger partial charge in [0.1, 0.15) is 0 Å². The molecular formula is C14H25N2. The first-order chi connectivity index (χ1) is 7.57. The Morgan fingerprint density at radius 3 is 2.44 bits per heavy atom. The van der Waals surface area contributed by atoms with E-state index in [-0.39, 0.29) is 5.54 Å². The number of hydrogen-bond donors (Lipinski definition) is 0. The highest BCUT2D eigenvalue weighted by Crippen LogP contribution is 2.37. The maximum absolute atomic E-state index is 4.52. The summed E-state index contributed by atoms with van der Waals surface area (Å²) in [5, 5.41) is 0. The maximum atomic E-state index is 4.52. The van der Waals surface area contributed by atoms with E-state index in [0.717, 1.165) is 6.42 Å². The van der Waals surface area contributed by atoms with Gasteiger partial charge in [0.25, 0.3) is 0 Å². The van der Waals surface area contributed by atoms with Gasteiger partial charge in [0.2, 0.25) is 0 Å². The number of nitrogens with zero attached hydrogens (tertiary/aromatic N) is 2. The number of hydrogen-bond acceptors (Lipinski definition) is 1. The molecule has 2 heteroatoms. The Hall–Kier alpha value is -0.790. The van der Waals surface area contributed by atoms with Gasteiger partial charge in [-0.05, 0) is 25.2 Å². The van der Waals surface area contributed by atoms with E-state index in [1.165, 1.54) is 12.8 Å². The molecule has 1 heterocycles. The van der Waals surface area contributed by atoms with Crippen LogP contribution in [0.3, 0.4) is 0 Å². The summed E-state index contributed by atoms with van der Waals surface area (Å²) in [7, 11) is 0. The Morgan fingerprint density at radius 1 is 1.31 bits per heavy atom. The molecule has 1 radical (unpaired) electrons. The van der Waals surface area contributed by atoms with Crippen LogP contribution in [0.25, 0.3) is 0 Å². The monoisotopic (exact) mass is 221 g/mol. The summed E-state index contributed by atoms with van der Waals surface area (Å²) < 4.78 is 2.20. The highest BCUT2D eigenvalue weighted by atomic mass is 15.1. The zero-order valence-corrected chi connectivity index (χ0v) is 11.1. The average molecular weight is 221 g/mol. The number of imidazole rings is 1. The van der Waals surface area contributed by atoms with Crippen molar-refractivity contribution in [3.05, 3.63) is 25.6 Å². The Kier molecular flexibility index (Phi) is 4.57.